The molecule has 19 heavy (non-hydrogen) atoms. The van der Waals surface area contributed by atoms with E-state index in [4.69, 9.17) is 4.42 Å². The molecule has 0 aliphatic heterocycles. The van der Waals surface area contributed by atoms with E-state index in [1.54, 1.807) is 24.3 Å². The first-order valence-electron chi connectivity index (χ1n) is 5.90. The van der Waals surface area contributed by atoms with Crippen molar-refractivity contribution in [3.05, 3.63) is 66.2 Å². The number of hydrogen-bond acceptors (Lipinski definition) is 3. The topological polar surface area (TPSA) is 47.3 Å². The Hall–Kier alpha value is -2.07. The molecule has 0 fully saturated rings. The minimum Gasteiger partial charge on any atom is -0.445 e. The van der Waals surface area contributed by atoms with Gasteiger partial charge in [0.2, 0.25) is 14.9 Å². The summed E-state index contributed by atoms with van der Waals surface area (Å²) >= 11 is 0. The number of rotatable bonds is 3. The second kappa shape index (κ2) is 4.55. The number of sulfone groups is 1. The van der Waals surface area contributed by atoms with Crippen molar-refractivity contribution in [2.75, 3.05) is 0 Å². The quantitative estimate of drug-likeness (QED) is 0.734. The van der Waals surface area contributed by atoms with E-state index >= 15 is 0 Å². The second-order valence-electron chi connectivity index (χ2n) is 4.35. The van der Waals surface area contributed by atoms with Crippen molar-refractivity contribution in [3.63, 3.8) is 0 Å². The molecule has 0 amide bonds. The first kappa shape index (κ1) is 12.0. The van der Waals surface area contributed by atoms with E-state index in [0.29, 0.717) is 5.58 Å². The zero-order valence-corrected chi connectivity index (χ0v) is 10.9. The maximum atomic E-state index is 12.3. The molecule has 1 heterocycles. The van der Waals surface area contributed by atoms with Crippen LogP contribution in [0.1, 0.15) is 5.56 Å². The third kappa shape index (κ3) is 2.39. The lowest BCUT2D eigenvalue weighted by Crippen LogP contribution is -2.03. The van der Waals surface area contributed by atoms with Crippen molar-refractivity contribution >= 4 is 20.8 Å². The summed E-state index contributed by atoms with van der Waals surface area (Å²) in [5.74, 6) is -0.0480. The Labute approximate surface area is 111 Å². The van der Waals surface area contributed by atoms with Crippen LogP contribution in [0.3, 0.4) is 0 Å². The molecule has 0 atom stereocenters. The average Bonchev–Trinajstić information content (AvgIpc) is 2.84. The molecule has 0 saturated carbocycles. The van der Waals surface area contributed by atoms with Gasteiger partial charge in [-0.3, -0.25) is 0 Å². The first-order chi connectivity index (χ1) is 9.15. The summed E-state index contributed by atoms with van der Waals surface area (Å²) in [5, 5.41) is 0.826. The first-order valence-corrected chi connectivity index (χ1v) is 7.56. The van der Waals surface area contributed by atoms with Gasteiger partial charge in [0.1, 0.15) is 5.58 Å². The predicted octanol–water partition coefficient (Wildman–Crippen LogP) is 3.41. The third-order valence-corrected chi connectivity index (χ3v) is 4.44. The lowest BCUT2D eigenvalue weighted by Gasteiger charge is -2.00. The number of benzene rings is 2. The van der Waals surface area contributed by atoms with Crippen molar-refractivity contribution in [2.45, 2.75) is 10.8 Å². The van der Waals surface area contributed by atoms with Gasteiger partial charge in [-0.15, -0.1) is 0 Å². The van der Waals surface area contributed by atoms with Crippen molar-refractivity contribution in [1.29, 1.82) is 0 Å². The van der Waals surface area contributed by atoms with E-state index in [2.05, 4.69) is 0 Å². The number of fused-ring (bicyclic) bond motifs is 1. The van der Waals surface area contributed by atoms with E-state index < -0.39 is 9.84 Å². The Morgan fingerprint density at radius 2 is 1.58 bits per heavy atom. The van der Waals surface area contributed by atoms with E-state index in [1.165, 1.54) is 0 Å². The monoisotopic (exact) mass is 272 g/mol. The molecule has 96 valence electrons. The van der Waals surface area contributed by atoms with Crippen molar-refractivity contribution in [2.24, 2.45) is 0 Å². The van der Waals surface area contributed by atoms with Crippen LogP contribution in [0.15, 0.2) is 70.2 Å². The van der Waals surface area contributed by atoms with Gasteiger partial charge in [0, 0.05) is 11.5 Å². The van der Waals surface area contributed by atoms with Gasteiger partial charge in [-0.25, -0.2) is 8.42 Å². The molecule has 0 saturated heterocycles. The largest absolute Gasteiger partial charge is 0.445 e. The molecule has 3 rings (SSSR count). The van der Waals surface area contributed by atoms with Crippen LogP contribution in [0, 0.1) is 0 Å². The van der Waals surface area contributed by atoms with Gasteiger partial charge in [0.25, 0.3) is 0 Å². The Bertz CT molecular complexity index is 769. The van der Waals surface area contributed by atoms with Crippen LogP contribution in [-0.2, 0) is 15.6 Å². The summed E-state index contributed by atoms with van der Waals surface area (Å²) in [6.07, 6.45) is 0. The number of hydrogen-bond donors (Lipinski definition) is 0. The normalized spacial score (nSPS) is 11.8. The van der Waals surface area contributed by atoms with Crippen LogP contribution in [-0.4, -0.2) is 8.42 Å². The van der Waals surface area contributed by atoms with Gasteiger partial charge >= 0.3 is 0 Å². The highest BCUT2D eigenvalue weighted by Gasteiger charge is 2.20. The van der Waals surface area contributed by atoms with Gasteiger partial charge in [-0.1, -0.05) is 48.5 Å². The van der Waals surface area contributed by atoms with Crippen molar-refractivity contribution in [3.8, 4) is 0 Å². The summed E-state index contributed by atoms with van der Waals surface area (Å²) in [4.78, 5) is 0. The van der Waals surface area contributed by atoms with E-state index in [9.17, 15) is 8.42 Å². The molecule has 2 aromatic carbocycles. The molecule has 3 nitrogen and oxygen atoms in total. The maximum Gasteiger partial charge on any atom is 0.219 e. The SMILES string of the molecule is O=S(=O)(Cc1ccccc1)c1cc2ccccc2o1. The predicted molar refractivity (Wildman–Crippen MR) is 73.5 cm³/mol. The van der Waals surface area contributed by atoms with E-state index in [0.717, 1.165) is 10.9 Å². The summed E-state index contributed by atoms with van der Waals surface area (Å²) in [7, 11) is -3.44. The van der Waals surface area contributed by atoms with Crippen molar-refractivity contribution in [1.82, 2.24) is 0 Å². The fraction of sp³-hybridized carbons (Fsp3) is 0.0667. The van der Waals surface area contributed by atoms with Crippen LogP contribution >= 0.6 is 0 Å². The minimum absolute atomic E-state index is 0.0255. The Kier molecular flexibility index (Phi) is 2.87. The third-order valence-electron chi connectivity index (χ3n) is 2.91. The van der Waals surface area contributed by atoms with E-state index in [-0.39, 0.29) is 10.8 Å². The minimum atomic E-state index is -3.44. The summed E-state index contributed by atoms with van der Waals surface area (Å²) in [5.41, 5.74) is 1.34. The molecule has 4 heteroatoms. The number of furan rings is 1. The lowest BCUT2D eigenvalue weighted by molar-refractivity contribution is 0.481. The summed E-state index contributed by atoms with van der Waals surface area (Å²) in [6.45, 7) is 0. The molecule has 0 radical (unpaired) electrons. The number of para-hydroxylation sites is 1. The molecular formula is C15H12O3S. The Morgan fingerprint density at radius 1 is 0.895 bits per heavy atom. The van der Waals surface area contributed by atoms with Crippen LogP contribution in [0.5, 0.6) is 0 Å². The molecule has 1 aromatic heterocycles. The molecular weight excluding hydrogens is 260 g/mol. The smallest absolute Gasteiger partial charge is 0.219 e. The Balaban J connectivity index is 2.00. The highest BCUT2D eigenvalue weighted by atomic mass is 32.2. The van der Waals surface area contributed by atoms with Gasteiger partial charge in [0.05, 0.1) is 5.75 Å². The van der Waals surface area contributed by atoms with Crippen LogP contribution in [0.25, 0.3) is 11.0 Å². The van der Waals surface area contributed by atoms with E-state index in [1.807, 2.05) is 36.4 Å². The molecule has 0 bridgehead atoms. The molecule has 0 unspecified atom stereocenters. The summed E-state index contributed by atoms with van der Waals surface area (Å²) in [6, 6.07) is 17.9. The zero-order chi connectivity index (χ0) is 13.3. The molecule has 0 aliphatic rings. The Morgan fingerprint density at radius 3 is 2.32 bits per heavy atom. The summed E-state index contributed by atoms with van der Waals surface area (Å²) < 4.78 is 30.0. The van der Waals surface area contributed by atoms with Crippen molar-refractivity contribution < 1.29 is 12.8 Å². The van der Waals surface area contributed by atoms with Gasteiger partial charge in [-0.2, -0.15) is 0 Å². The lowest BCUT2D eigenvalue weighted by atomic mass is 10.2. The zero-order valence-electron chi connectivity index (χ0n) is 10.1. The second-order valence-corrected chi connectivity index (χ2v) is 6.27. The average molecular weight is 272 g/mol. The fourth-order valence-electron chi connectivity index (χ4n) is 1.98. The van der Waals surface area contributed by atoms with Crippen LogP contribution in [0.4, 0.5) is 0 Å². The molecule has 3 aromatic rings. The standard InChI is InChI=1S/C15H12O3S/c16-19(17,11-12-6-2-1-3-7-12)15-10-13-8-4-5-9-14(13)18-15/h1-10H,11H2. The molecule has 0 N–H and O–H groups in total. The highest BCUT2D eigenvalue weighted by molar-refractivity contribution is 7.90. The van der Waals surface area contributed by atoms with Crippen LogP contribution in [0.2, 0.25) is 0 Å². The maximum absolute atomic E-state index is 12.3. The molecule has 0 spiro atoms. The van der Waals surface area contributed by atoms with Gasteiger partial charge in [0.15, 0.2) is 0 Å². The highest BCUT2D eigenvalue weighted by Crippen LogP contribution is 2.24. The van der Waals surface area contributed by atoms with Gasteiger partial charge in [-0.05, 0) is 11.6 Å². The fourth-order valence-corrected chi connectivity index (χ4v) is 3.27. The van der Waals surface area contributed by atoms with Gasteiger partial charge < -0.3 is 4.42 Å². The molecule has 0 aliphatic carbocycles. The van der Waals surface area contributed by atoms with Crippen LogP contribution < -0.4 is 0 Å².